The Hall–Kier alpha value is -3.10. The van der Waals surface area contributed by atoms with E-state index >= 15 is 0 Å². The minimum atomic E-state index is -0.255. The molecule has 0 unspecified atom stereocenters. The number of fused-ring (bicyclic) bond motifs is 1. The van der Waals surface area contributed by atoms with Gasteiger partial charge in [-0.3, -0.25) is 4.79 Å². The molecule has 0 aliphatic carbocycles. The number of nitrogens with one attached hydrogen (secondary N) is 1. The van der Waals surface area contributed by atoms with E-state index in [9.17, 15) is 4.79 Å². The third-order valence-corrected chi connectivity index (χ3v) is 3.98. The van der Waals surface area contributed by atoms with Crippen LogP contribution in [0.15, 0.2) is 48.8 Å². The second-order valence-corrected chi connectivity index (χ2v) is 6.12. The molecular formula is C20H20N4O. The van der Waals surface area contributed by atoms with Crippen molar-refractivity contribution in [1.29, 1.82) is 0 Å². The number of anilines is 1. The summed E-state index contributed by atoms with van der Waals surface area (Å²) in [6.07, 6.45) is 8.89. The molecule has 1 N–H and O–H groups in total. The van der Waals surface area contributed by atoms with Gasteiger partial charge in [-0.2, -0.15) is 0 Å². The molecule has 0 fully saturated rings. The number of carbonyl (C=O) groups is 1. The number of hydrogen-bond acceptors (Lipinski definition) is 3. The minimum Gasteiger partial charge on any atom is -0.346 e. The Morgan fingerprint density at radius 3 is 2.80 bits per heavy atom. The van der Waals surface area contributed by atoms with Crippen molar-refractivity contribution in [2.75, 3.05) is 26.0 Å². The lowest BCUT2D eigenvalue weighted by Gasteiger charge is -2.12. The first-order valence-electron chi connectivity index (χ1n) is 8.04. The van der Waals surface area contributed by atoms with Crippen molar-refractivity contribution >= 4 is 22.5 Å². The van der Waals surface area contributed by atoms with Crippen LogP contribution in [0.1, 0.15) is 16.1 Å². The quantitative estimate of drug-likeness (QED) is 0.731. The number of terminal acetylenes is 1. The Morgan fingerprint density at radius 1 is 1.28 bits per heavy atom. The van der Waals surface area contributed by atoms with E-state index in [1.54, 1.807) is 12.1 Å². The van der Waals surface area contributed by atoms with Crippen LogP contribution >= 0.6 is 0 Å². The Labute approximate surface area is 147 Å². The highest BCUT2D eigenvalue weighted by molar-refractivity contribution is 6.03. The first kappa shape index (κ1) is 16.7. The summed E-state index contributed by atoms with van der Waals surface area (Å²) >= 11 is 0. The van der Waals surface area contributed by atoms with E-state index in [1.165, 1.54) is 6.20 Å². The van der Waals surface area contributed by atoms with Crippen molar-refractivity contribution in [2.24, 2.45) is 0 Å². The molecule has 5 heteroatoms. The second kappa shape index (κ2) is 7.20. The van der Waals surface area contributed by atoms with Crippen molar-refractivity contribution < 1.29 is 4.79 Å². The fraction of sp³-hybridized carbons (Fsp3) is 0.200. The Kier molecular flexibility index (Phi) is 4.82. The molecule has 2 aromatic heterocycles. The fourth-order valence-electron chi connectivity index (χ4n) is 2.57. The van der Waals surface area contributed by atoms with Crippen molar-refractivity contribution in [3.63, 3.8) is 0 Å². The first-order chi connectivity index (χ1) is 12.1. The lowest BCUT2D eigenvalue weighted by molar-refractivity contribution is 0.102. The van der Waals surface area contributed by atoms with Crippen LogP contribution in [-0.2, 0) is 6.54 Å². The summed E-state index contributed by atoms with van der Waals surface area (Å²) in [4.78, 5) is 18.6. The first-order valence-corrected chi connectivity index (χ1v) is 8.04. The van der Waals surface area contributed by atoms with Crippen LogP contribution in [0.5, 0.6) is 0 Å². The fourth-order valence-corrected chi connectivity index (χ4v) is 2.57. The van der Waals surface area contributed by atoms with E-state index in [-0.39, 0.29) is 5.91 Å². The van der Waals surface area contributed by atoms with E-state index in [1.807, 2.05) is 18.2 Å². The lowest BCUT2D eigenvalue weighted by atomic mass is 10.2. The molecule has 3 rings (SSSR count). The predicted octanol–water partition coefficient (Wildman–Crippen LogP) is 2.83. The van der Waals surface area contributed by atoms with Crippen LogP contribution < -0.4 is 5.32 Å². The Morgan fingerprint density at radius 2 is 2.12 bits per heavy atom. The number of hydrogen-bond donors (Lipinski definition) is 1. The summed E-state index contributed by atoms with van der Waals surface area (Å²) in [5, 5.41) is 4.04. The van der Waals surface area contributed by atoms with E-state index in [2.05, 4.69) is 52.0 Å². The van der Waals surface area contributed by atoms with Gasteiger partial charge in [0.05, 0.1) is 5.52 Å². The van der Waals surface area contributed by atoms with Crippen molar-refractivity contribution in [3.8, 4) is 12.3 Å². The number of pyridine rings is 1. The van der Waals surface area contributed by atoms with E-state index in [0.29, 0.717) is 11.3 Å². The molecule has 0 bridgehead atoms. The number of carbonyl (C=O) groups excluding carboxylic acids is 1. The van der Waals surface area contributed by atoms with Gasteiger partial charge < -0.3 is 14.8 Å². The molecule has 1 aromatic carbocycles. The smallest absolute Gasteiger partial charge is 0.274 e. The number of rotatable bonds is 5. The van der Waals surface area contributed by atoms with Gasteiger partial charge in [0, 0.05) is 36.7 Å². The highest BCUT2D eigenvalue weighted by Crippen LogP contribution is 2.21. The molecule has 2 heterocycles. The number of nitrogens with zero attached hydrogens (tertiary/aromatic N) is 3. The standard InChI is InChI=1S/C20H20N4O/c1-4-15-5-8-18(21-14-15)20(25)22-17-7-6-16-9-10-24(19(16)13-17)12-11-23(2)3/h1,5-10,13-14H,11-12H2,2-3H3,(H,22,25). The third kappa shape index (κ3) is 3.87. The van der Waals surface area contributed by atoms with Gasteiger partial charge in [0.15, 0.2) is 0 Å². The zero-order chi connectivity index (χ0) is 17.8. The molecule has 0 saturated carbocycles. The third-order valence-electron chi connectivity index (χ3n) is 3.98. The summed E-state index contributed by atoms with van der Waals surface area (Å²) in [6.45, 7) is 1.84. The van der Waals surface area contributed by atoms with E-state index in [0.717, 1.165) is 29.7 Å². The molecule has 0 saturated heterocycles. The molecule has 0 aliphatic rings. The van der Waals surface area contributed by atoms with E-state index < -0.39 is 0 Å². The molecule has 0 spiro atoms. The summed E-state index contributed by atoms with van der Waals surface area (Å²) < 4.78 is 2.19. The SMILES string of the molecule is C#Cc1ccc(C(=O)Nc2ccc3ccn(CCN(C)C)c3c2)nc1. The minimum absolute atomic E-state index is 0.255. The number of amides is 1. The number of likely N-dealkylation sites (N-methyl/N-ethyl adjacent to an activating group) is 1. The van der Waals surface area contributed by atoms with E-state index in [4.69, 9.17) is 6.42 Å². The second-order valence-electron chi connectivity index (χ2n) is 6.12. The van der Waals surface area contributed by atoms with Gasteiger partial charge in [0.2, 0.25) is 0 Å². The maximum Gasteiger partial charge on any atom is 0.274 e. The largest absolute Gasteiger partial charge is 0.346 e. The summed E-state index contributed by atoms with van der Waals surface area (Å²) in [5.41, 5.74) is 2.82. The van der Waals surface area contributed by atoms with Crippen molar-refractivity contribution in [3.05, 3.63) is 60.0 Å². The van der Waals surface area contributed by atoms with Crippen LogP contribution in [0.4, 0.5) is 5.69 Å². The van der Waals surface area contributed by atoms with Crippen LogP contribution in [0.3, 0.4) is 0 Å². The van der Waals surface area contributed by atoms with Gasteiger partial charge in [-0.05, 0) is 49.8 Å². The highest BCUT2D eigenvalue weighted by Gasteiger charge is 2.09. The molecule has 1 amide bonds. The van der Waals surface area contributed by atoms with Crippen molar-refractivity contribution in [2.45, 2.75) is 6.54 Å². The molecule has 126 valence electrons. The molecular weight excluding hydrogens is 312 g/mol. The molecule has 3 aromatic rings. The van der Waals surface area contributed by atoms with Gasteiger partial charge in [-0.1, -0.05) is 12.0 Å². The molecule has 0 radical (unpaired) electrons. The van der Waals surface area contributed by atoms with Crippen LogP contribution in [-0.4, -0.2) is 41.0 Å². The van der Waals surface area contributed by atoms with Gasteiger partial charge in [0.1, 0.15) is 5.69 Å². The molecule has 0 aliphatic heterocycles. The topological polar surface area (TPSA) is 50.2 Å². The summed E-state index contributed by atoms with van der Waals surface area (Å²) in [5.74, 6) is 2.23. The van der Waals surface area contributed by atoms with Crippen LogP contribution in [0.25, 0.3) is 10.9 Å². The maximum absolute atomic E-state index is 12.3. The predicted molar refractivity (Wildman–Crippen MR) is 101 cm³/mol. The Bertz CT molecular complexity index is 932. The van der Waals surface area contributed by atoms with Gasteiger partial charge >= 0.3 is 0 Å². The molecule has 5 nitrogen and oxygen atoms in total. The normalized spacial score (nSPS) is 10.8. The average molecular weight is 332 g/mol. The summed E-state index contributed by atoms with van der Waals surface area (Å²) in [6, 6.07) is 11.3. The Balaban J connectivity index is 1.79. The lowest BCUT2D eigenvalue weighted by Crippen LogP contribution is -2.18. The summed E-state index contributed by atoms with van der Waals surface area (Å²) in [7, 11) is 4.10. The maximum atomic E-state index is 12.3. The van der Waals surface area contributed by atoms with Gasteiger partial charge in [-0.25, -0.2) is 4.98 Å². The average Bonchev–Trinajstić information content (AvgIpc) is 3.02. The van der Waals surface area contributed by atoms with Gasteiger partial charge in [-0.15, -0.1) is 6.42 Å². The number of benzene rings is 1. The van der Waals surface area contributed by atoms with Crippen LogP contribution in [0, 0.1) is 12.3 Å². The molecule has 0 atom stereocenters. The monoisotopic (exact) mass is 332 g/mol. The number of aromatic nitrogens is 2. The molecule has 25 heavy (non-hydrogen) atoms. The van der Waals surface area contributed by atoms with Crippen molar-refractivity contribution in [1.82, 2.24) is 14.5 Å². The van der Waals surface area contributed by atoms with Crippen LogP contribution in [0.2, 0.25) is 0 Å². The zero-order valence-electron chi connectivity index (χ0n) is 14.4. The zero-order valence-corrected chi connectivity index (χ0v) is 14.4. The van der Waals surface area contributed by atoms with Gasteiger partial charge in [0.25, 0.3) is 5.91 Å². The highest BCUT2D eigenvalue weighted by atomic mass is 16.1.